The Balaban J connectivity index is 2.30. The van der Waals surface area contributed by atoms with Crippen LogP contribution in [-0.2, 0) is 0 Å². The molecule has 0 saturated heterocycles. The molecular formula is C15H13BrFNOS. The van der Waals surface area contributed by atoms with E-state index < -0.39 is 5.82 Å². The number of thiol groups is 1. The van der Waals surface area contributed by atoms with Crippen LogP contribution in [-0.4, -0.2) is 5.91 Å². The summed E-state index contributed by atoms with van der Waals surface area (Å²) in [5, 5.41) is 2.83. The van der Waals surface area contributed by atoms with Crippen molar-refractivity contribution in [2.75, 3.05) is 5.32 Å². The SMILES string of the molecule is Cc1cc(C)c(NC(=O)c2ccc(F)c(S)c2)c(Br)c1. The fraction of sp³-hybridized carbons (Fsp3) is 0.133. The fourth-order valence-electron chi connectivity index (χ4n) is 1.91. The summed E-state index contributed by atoms with van der Waals surface area (Å²) in [6.07, 6.45) is 0. The van der Waals surface area contributed by atoms with E-state index in [1.54, 1.807) is 0 Å². The predicted octanol–water partition coefficient (Wildman–Crippen LogP) is 4.75. The number of carbonyl (C=O) groups is 1. The zero-order valence-corrected chi connectivity index (χ0v) is 13.5. The number of halogens is 2. The maximum absolute atomic E-state index is 13.1. The molecule has 0 saturated carbocycles. The molecule has 0 heterocycles. The van der Waals surface area contributed by atoms with Gasteiger partial charge in [-0.15, -0.1) is 12.6 Å². The van der Waals surface area contributed by atoms with Gasteiger partial charge < -0.3 is 5.32 Å². The number of amides is 1. The van der Waals surface area contributed by atoms with Gasteiger partial charge >= 0.3 is 0 Å². The van der Waals surface area contributed by atoms with Gasteiger partial charge in [0, 0.05) is 14.9 Å². The Morgan fingerprint density at radius 3 is 2.55 bits per heavy atom. The highest BCUT2D eigenvalue weighted by atomic mass is 79.9. The van der Waals surface area contributed by atoms with Crippen LogP contribution >= 0.6 is 28.6 Å². The average Bonchev–Trinajstić information content (AvgIpc) is 2.36. The van der Waals surface area contributed by atoms with Crippen molar-refractivity contribution < 1.29 is 9.18 Å². The van der Waals surface area contributed by atoms with Gasteiger partial charge in [0.15, 0.2) is 0 Å². The van der Waals surface area contributed by atoms with E-state index in [0.29, 0.717) is 11.3 Å². The third-order valence-electron chi connectivity index (χ3n) is 2.88. The number of hydrogen-bond donors (Lipinski definition) is 2. The van der Waals surface area contributed by atoms with Gasteiger partial charge in [0.05, 0.1) is 5.69 Å². The van der Waals surface area contributed by atoms with Crippen LogP contribution in [0.3, 0.4) is 0 Å². The summed E-state index contributed by atoms with van der Waals surface area (Å²) in [6.45, 7) is 3.90. The third-order valence-corrected chi connectivity index (χ3v) is 3.85. The van der Waals surface area contributed by atoms with E-state index in [1.807, 2.05) is 26.0 Å². The standard InChI is InChI=1S/C15H13BrFNOS/c1-8-5-9(2)14(11(16)6-8)18-15(19)10-3-4-12(17)13(20)7-10/h3-7,20H,1-2H3,(H,18,19). The van der Waals surface area contributed by atoms with Gasteiger partial charge in [-0.05, 0) is 65.2 Å². The Kier molecular flexibility index (Phi) is 4.50. The lowest BCUT2D eigenvalue weighted by atomic mass is 10.1. The van der Waals surface area contributed by atoms with Crippen LogP contribution in [0.1, 0.15) is 21.5 Å². The summed E-state index contributed by atoms with van der Waals surface area (Å²) < 4.78 is 14.0. The lowest BCUT2D eigenvalue weighted by Gasteiger charge is -2.12. The highest BCUT2D eigenvalue weighted by Gasteiger charge is 2.12. The normalized spacial score (nSPS) is 10.4. The van der Waals surface area contributed by atoms with Crippen LogP contribution in [0.15, 0.2) is 39.7 Å². The van der Waals surface area contributed by atoms with Gasteiger partial charge in [-0.25, -0.2) is 4.39 Å². The van der Waals surface area contributed by atoms with Crippen LogP contribution in [0.5, 0.6) is 0 Å². The highest BCUT2D eigenvalue weighted by Crippen LogP contribution is 2.28. The summed E-state index contributed by atoms with van der Waals surface area (Å²) in [6, 6.07) is 7.98. The number of anilines is 1. The molecule has 1 N–H and O–H groups in total. The summed E-state index contributed by atoms with van der Waals surface area (Å²) in [7, 11) is 0. The van der Waals surface area contributed by atoms with E-state index in [1.165, 1.54) is 18.2 Å². The maximum atomic E-state index is 13.1. The molecule has 0 aliphatic carbocycles. The molecule has 0 spiro atoms. The number of nitrogens with one attached hydrogen (secondary N) is 1. The molecule has 2 nitrogen and oxygen atoms in total. The molecule has 104 valence electrons. The first-order valence-electron chi connectivity index (χ1n) is 5.95. The van der Waals surface area contributed by atoms with Gasteiger partial charge in [0.1, 0.15) is 5.82 Å². The second-order valence-electron chi connectivity index (χ2n) is 4.56. The van der Waals surface area contributed by atoms with Crippen LogP contribution < -0.4 is 5.32 Å². The molecule has 5 heteroatoms. The molecule has 0 bridgehead atoms. The second-order valence-corrected chi connectivity index (χ2v) is 5.90. The molecule has 0 fully saturated rings. The van der Waals surface area contributed by atoms with E-state index in [-0.39, 0.29) is 10.8 Å². The molecule has 0 aliphatic heterocycles. The van der Waals surface area contributed by atoms with Gasteiger partial charge in [-0.1, -0.05) is 6.07 Å². The van der Waals surface area contributed by atoms with Crippen molar-refractivity contribution in [1.82, 2.24) is 0 Å². The van der Waals surface area contributed by atoms with Gasteiger partial charge in [-0.3, -0.25) is 4.79 Å². The van der Waals surface area contributed by atoms with E-state index in [9.17, 15) is 9.18 Å². The summed E-state index contributed by atoms with van der Waals surface area (Å²) in [5.41, 5.74) is 3.14. The summed E-state index contributed by atoms with van der Waals surface area (Å²) in [5.74, 6) is -0.745. The number of rotatable bonds is 2. The molecule has 0 aromatic heterocycles. The molecule has 2 aromatic rings. The molecule has 2 aromatic carbocycles. The smallest absolute Gasteiger partial charge is 0.255 e. The van der Waals surface area contributed by atoms with Gasteiger partial charge in [0.25, 0.3) is 5.91 Å². The Hall–Kier alpha value is -1.33. The van der Waals surface area contributed by atoms with Crippen molar-refractivity contribution in [2.45, 2.75) is 18.7 Å². The van der Waals surface area contributed by atoms with Crippen molar-refractivity contribution in [1.29, 1.82) is 0 Å². The minimum Gasteiger partial charge on any atom is -0.321 e. The van der Waals surface area contributed by atoms with E-state index >= 15 is 0 Å². The lowest BCUT2D eigenvalue weighted by molar-refractivity contribution is 0.102. The molecule has 0 atom stereocenters. The Morgan fingerprint density at radius 2 is 1.95 bits per heavy atom. The predicted molar refractivity (Wildman–Crippen MR) is 85.2 cm³/mol. The van der Waals surface area contributed by atoms with Gasteiger partial charge in [-0.2, -0.15) is 0 Å². The minimum atomic E-state index is -0.447. The van der Waals surface area contributed by atoms with E-state index in [4.69, 9.17) is 0 Å². The highest BCUT2D eigenvalue weighted by molar-refractivity contribution is 9.10. The molecule has 0 unspecified atom stereocenters. The quantitative estimate of drug-likeness (QED) is 0.749. The topological polar surface area (TPSA) is 29.1 Å². The number of aryl methyl sites for hydroxylation is 2. The molecule has 0 aliphatic rings. The number of benzene rings is 2. The largest absolute Gasteiger partial charge is 0.321 e. The third kappa shape index (κ3) is 3.22. The summed E-state index contributed by atoms with van der Waals surface area (Å²) >= 11 is 7.41. The molecule has 0 radical (unpaired) electrons. The summed E-state index contributed by atoms with van der Waals surface area (Å²) in [4.78, 5) is 12.3. The second kappa shape index (κ2) is 5.97. The molecular weight excluding hydrogens is 341 g/mol. The van der Waals surface area contributed by atoms with E-state index in [2.05, 4.69) is 33.9 Å². The monoisotopic (exact) mass is 353 g/mol. The Labute approximate surface area is 130 Å². The zero-order chi connectivity index (χ0) is 14.9. The number of carbonyl (C=O) groups excluding carboxylic acids is 1. The molecule has 2 rings (SSSR count). The molecule has 20 heavy (non-hydrogen) atoms. The van der Waals surface area contributed by atoms with Crippen molar-refractivity contribution in [3.8, 4) is 0 Å². The van der Waals surface area contributed by atoms with Crippen LogP contribution in [0, 0.1) is 19.7 Å². The first-order valence-corrected chi connectivity index (χ1v) is 7.19. The molecule has 1 amide bonds. The zero-order valence-electron chi connectivity index (χ0n) is 11.0. The van der Waals surface area contributed by atoms with E-state index in [0.717, 1.165) is 15.6 Å². The number of hydrogen-bond acceptors (Lipinski definition) is 2. The van der Waals surface area contributed by atoms with Crippen LogP contribution in [0.2, 0.25) is 0 Å². The Bertz CT molecular complexity index is 665. The van der Waals surface area contributed by atoms with Crippen LogP contribution in [0.25, 0.3) is 0 Å². The maximum Gasteiger partial charge on any atom is 0.255 e. The van der Waals surface area contributed by atoms with Crippen molar-refractivity contribution in [3.05, 3.63) is 57.3 Å². The fourth-order valence-corrected chi connectivity index (χ4v) is 2.90. The van der Waals surface area contributed by atoms with Crippen molar-refractivity contribution in [2.24, 2.45) is 0 Å². The Morgan fingerprint density at radius 1 is 1.25 bits per heavy atom. The van der Waals surface area contributed by atoms with Gasteiger partial charge in [0.2, 0.25) is 0 Å². The minimum absolute atomic E-state index is 0.150. The lowest BCUT2D eigenvalue weighted by Crippen LogP contribution is -2.13. The average molecular weight is 354 g/mol. The van der Waals surface area contributed by atoms with Crippen molar-refractivity contribution in [3.63, 3.8) is 0 Å². The first-order chi connectivity index (χ1) is 9.38. The van der Waals surface area contributed by atoms with Crippen molar-refractivity contribution >= 4 is 40.2 Å². The first kappa shape index (κ1) is 15.1. The van der Waals surface area contributed by atoms with Crippen LogP contribution in [0.4, 0.5) is 10.1 Å².